The molecule has 0 aromatic heterocycles. The first-order valence-corrected chi connectivity index (χ1v) is 7.31. The molecule has 0 radical (unpaired) electrons. The van der Waals surface area contributed by atoms with Crippen molar-refractivity contribution in [2.75, 3.05) is 0 Å². The lowest BCUT2D eigenvalue weighted by Gasteiger charge is -2.11. The number of nitrogens with one attached hydrogen (secondary N) is 1. The maximum absolute atomic E-state index is 9.73. The number of hydrogen-bond acceptors (Lipinski definition) is 2. The van der Waals surface area contributed by atoms with Crippen LogP contribution in [0.5, 0.6) is 0 Å². The molecule has 2 N–H and O–H groups in total. The summed E-state index contributed by atoms with van der Waals surface area (Å²) in [7, 11) is 0. The van der Waals surface area contributed by atoms with Gasteiger partial charge in [0.2, 0.25) is 0 Å². The summed E-state index contributed by atoms with van der Waals surface area (Å²) in [4.78, 5) is 0. The fraction of sp³-hybridized carbons (Fsp3) is 0.333. The van der Waals surface area contributed by atoms with Gasteiger partial charge in [0.05, 0.1) is 0 Å². The highest BCUT2D eigenvalue weighted by Gasteiger charge is 2.28. The molecule has 0 spiro atoms. The summed E-state index contributed by atoms with van der Waals surface area (Å²) in [6.07, 6.45) is 1.68. The van der Waals surface area contributed by atoms with Gasteiger partial charge in [0.25, 0.3) is 0 Å². The molecule has 1 saturated heterocycles. The van der Waals surface area contributed by atoms with E-state index in [2.05, 4.69) is 60.8 Å². The third-order valence-corrected chi connectivity index (χ3v) is 4.14. The smallest absolute Gasteiger partial charge is 0.107 e. The molecule has 2 heteroatoms. The minimum absolute atomic E-state index is 0.344. The molecule has 0 bridgehead atoms. The zero-order valence-electron chi connectivity index (χ0n) is 11.8. The average molecular weight is 267 g/mol. The molecule has 3 atom stereocenters. The summed E-state index contributed by atoms with van der Waals surface area (Å²) in [6, 6.07) is 19.6. The van der Waals surface area contributed by atoms with Gasteiger partial charge in [-0.2, -0.15) is 0 Å². The lowest BCUT2D eigenvalue weighted by atomic mass is 9.98. The van der Waals surface area contributed by atoms with Crippen LogP contribution in [0.2, 0.25) is 0 Å². The summed E-state index contributed by atoms with van der Waals surface area (Å²) >= 11 is 0. The van der Waals surface area contributed by atoms with E-state index in [1.165, 1.54) is 16.7 Å². The molecule has 2 aromatic carbocycles. The van der Waals surface area contributed by atoms with Gasteiger partial charge in [-0.15, -0.1) is 0 Å². The van der Waals surface area contributed by atoms with Crippen molar-refractivity contribution in [2.45, 2.75) is 32.0 Å². The first-order chi connectivity index (χ1) is 9.72. The molecule has 3 rings (SSSR count). The Morgan fingerprint density at radius 1 is 1.00 bits per heavy atom. The van der Waals surface area contributed by atoms with Crippen molar-refractivity contribution in [1.82, 2.24) is 5.32 Å². The van der Waals surface area contributed by atoms with Crippen molar-refractivity contribution in [3.63, 3.8) is 0 Å². The third kappa shape index (κ3) is 2.92. The van der Waals surface area contributed by atoms with Gasteiger partial charge in [-0.25, -0.2) is 0 Å². The Morgan fingerprint density at radius 2 is 1.65 bits per heavy atom. The summed E-state index contributed by atoms with van der Waals surface area (Å²) in [5, 5.41) is 13.0. The molecule has 1 aliphatic heterocycles. The van der Waals surface area contributed by atoms with Crippen LogP contribution in [0.1, 0.15) is 18.9 Å². The summed E-state index contributed by atoms with van der Waals surface area (Å²) in [6.45, 7) is 2.09. The molecule has 2 unspecified atom stereocenters. The van der Waals surface area contributed by atoms with Crippen molar-refractivity contribution in [3.05, 3.63) is 60.2 Å². The van der Waals surface area contributed by atoms with Gasteiger partial charge in [-0.3, -0.25) is 5.32 Å². The van der Waals surface area contributed by atoms with E-state index in [-0.39, 0.29) is 6.23 Å². The Labute approximate surface area is 120 Å². The van der Waals surface area contributed by atoms with Crippen molar-refractivity contribution < 1.29 is 5.11 Å². The van der Waals surface area contributed by atoms with Gasteiger partial charge in [0.15, 0.2) is 0 Å². The monoisotopic (exact) mass is 267 g/mol. The zero-order valence-corrected chi connectivity index (χ0v) is 11.8. The number of aliphatic hydroxyl groups is 1. The van der Waals surface area contributed by atoms with Crippen LogP contribution in [0.15, 0.2) is 54.6 Å². The molecule has 0 aliphatic carbocycles. The zero-order chi connectivity index (χ0) is 13.9. The topological polar surface area (TPSA) is 32.3 Å². The van der Waals surface area contributed by atoms with E-state index in [1.54, 1.807) is 0 Å². The summed E-state index contributed by atoms with van der Waals surface area (Å²) in [5.74, 6) is 0.351. The maximum atomic E-state index is 9.73. The number of rotatable bonds is 3. The minimum Gasteiger partial charge on any atom is -0.378 e. The quantitative estimate of drug-likeness (QED) is 0.895. The van der Waals surface area contributed by atoms with E-state index in [4.69, 9.17) is 0 Å². The molecule has 1 aliphatic rings. The van der Waals surface area contributed by atoms with E-state index in [0.717, 1.165) is 12.8 Å². The minimum atomic E-state index is -0.344. The molecule has 20 heavy (non-hydrogen) atoms. The summed E-state index contributed by atoms with van der Waals surface area (Å²) < 4.78 is 0. The van der Waals surface area contributed by atoms with Crippen molar-refractivity contribution >= 4 is 0 Å². The SMILES string of the molecule is CC1C[C@@H](Cc2ccc(-c3ccccc3)cc2)NC1O. The molecule has 2 nitrogen and oxygen atoms in total. The highest BCUT2D eigenvalue weighted by atomic mass is 16.3. The first-order valence-electron chi connectivity index (χ1n) is 7.31. The fourth-order valence-electron chi connectivity index (χ4n) is 2.94. The second-order valence-electron chi connectivity index (χ2n) is 5.79. The Balaban J connectivity index is 1.68. The Hall–Kier alpha value is -1.64. The van der Waals surface area contributed by atoms with Crippen molar-refractivity contribution in [2.24, 2.45) is 5.92 Å². The van der Waals surface area contributed by atoms with Gasteiger partial charge in [0, 0.05) is 6.04 Å². The van der Waals surface area contributed by atoms with E-state index in [9.17, 15) is 5.11 Å². The van der Waals surface area contributed by atoms with E-state index in [1.807, 2.05) is 6.07 Å². The van der Waals surface area contributed by atoms with Crippen LogP contribution in [-0.2, 0) is 6.42 Å². The molecule has 1 heterocycles. The second-order valence-corrected chi connectivity index (χ2v) is 5.79. The largest absolute Gasteiger partial charge is 0.378 e. The highest BCUT2D eigenvalue weighted by Crippen LogP contribution is 2.23. The normalized spacial score (nSPS) is 25.8. The van der Waals surface area contributed by atoms with Crippen LogP contribution in [0, 0.1) is 5.92 Å². The van der Waals surface area contributed by atoms with Gasteiger partial charge in [-0.05, 0) is 35.4 Å². The lowest BCUT2D eigenvalue weighted by molar-refractivity contribution is 0.117. The fourth-order valence-corrected chi connectivity index (χ4v) is 2.94. The molecule has 1 fully saturated rings. The van der Waals surface area contributed by atoms with Gasteiger partial charge >= 0.3 is 0 Å². The van der Waals surface area contributed by atoms with Crippen molar-refractivity contribution in [1.29, 1.82) is 0 Å². The Morgan fingerprint density at radius 3 is 2.25 bits per heavy atom. The van der Waals surface area contributed by atoms with Crippen LogP contribution < -0.4 is 5.32 Å². The van der Waals surface area contributed by atoms with Crippen molar-refractivity contribution in [3.8, 4) is 11.1 Å². The summed E-state index contributed by atoms with van der Waals surface area (Å²) in [5.41, 5.74) is 3.83. The highest BCUT2D eigenvalue weighted by molar-refractivity contribution is 5.63. The first kappa shape index (κ1) is 13.3. The molecular weight excluding hydrogens is 246 g/mol. The lowest BCUT2D eigenvalue weighted by Crippen LogP contribution is -2.31. The van der Waals surface area contributed by atoms with E-state index < -0.39 is 0 Å². The number of aliphatic hydroxyl groups excluding tert-OH is 1. The number of hydrogen-bond donors (Lipinski definition) is 2. The predicted octanol–water partition coefficient (Wildman–Crippen LogP) is 3.21. The standard InChI is InChI=1S/C18H21NO/c1-13-11-17(19-18(13)20)12-14-7-9-16(10-8-14)15-5-3-2-4-6-15/h2-10,13,17-20H,11-12H2,1H3/t13?,17-,18?/m0/s1. The van der Waals surface area contributed by atoms with Crippen LogP contribution in [0.25, 0.3) is 11.1 Å². The molecule has 0 saturated carbocycles. The molecule has 104 valence electrons. The van der Waals surface area contributed by atoms with Gasteiger partial charge in [0.1, 0.15) is 6.23 Å². The van der Waals surface area contributed by atoms with Crippen LogP contribution in [-0.4, -0.2) is 17.4 Å². The molecule has 2 aromatic rings. The van der Waals surface area contributed by atoms with Crippen LogP contribution in [0.3, 0.4) is 0 Å². The molecular formula is C18H21NO. The van der Waals surface area contributed by atoms with Crippen LogP contribution in [0.4, 0.5) is 0 Å². The van der Waals surface area contributed by atoms with Crippen LogP contribution >= 0.6 is 0 Å². The Kier molecular flexibility index (Phi) is 3.86. The predicted molar refractivity (Wildman–Crippen MR) is 82.3 cm³/mol. The molecule has 0 amide bonds. The second kappa shape index (κ2) is 5.78. The van der Waals surface area contributed by atoms with E-state index in [0.29, 0.717) is 12.0 Å². The maximum Gasteiger partial charge on any atom is 0.107 e. The third-order valence-electron chi connectivity index (χ3n) is 4.14. The van der Waals surface area contributed by atoms with Gasteiger partial charge < -0.3 is 5.11 Å². The average Bonchev–Trinajstić information content (AvgIpc) is 2.79. The number of benzene rings is 2. The Bertz CT molecular complexity index is 539. The van der Waals surface area contributed by atoms with E-state index >= 15 is 0 Å². The van der Waals surface area contributed by atoms with Gasteiger partial charge in [-0.1, -0.05) is 61.5 Å².